The summed E-state index contributed by atoms with van der Waals surface area (Å²) in [4.78, 5) is 0. The van der Waals surface area contributed by atoms with Crippen molar-refractivity contribution in [2.75, 3.05) is 0 Å². The minimum absolute atomic E-state index is 0.866. The fourth-order valence-electron chi connectivity index (χ4n) is 7.18. The second-order valence-corrected chi connectivity index (χ2v) is 12.3. The van der Waals surface area contributed by atoms with Gasteiger partial charge in [-0.1, -0.05) is 72.8 Å². The van der Waals surface area contributed by atoms with Crippen molar-refractivity contribution in [2.45, 2.75) is 0 Å². The van der Waals surface area contributed by atoms with Crippen LogP contribution in [-0.4, -0.2) is 0 Å². The quantitative estimate of drug-likeness (QED) is 0.188. The fraction of sp³-hybridized carbons (Fsp3) is 0. The standard InChI is InChI=1S/C44H26O/c1-3-9-29-17-35-23-39-25-41-31(19-37(39)21-33(35)15-27(29)7-1)11-5-13-43(41)45-44-14-6-12-32-20-38-22-34-16-28-8-2-4-10-30(28)18-36(34)24-40(38)26-42(32)44/h1-26H. The van der Waals surface area contributed by atoms with E-state index in [-0.39, 0.29) is 0 Å². The zero-order chi connectivity index (χ0) is 29.5. The second kappa shape index (κ2) is 9.29. The van der Waals surface area contributed by atoms with Crippen LogP contribution in [0.5, 0.6) is 11.5 Å². The summed E-state index contributed by atoms with van der Waals surface area (Å²) in [5.74, 6) is 1.73. The van der Waals surface area contributed by atoms with E-state index >= 15 is 0 Å². The molecule has 0 bridgehead atoms. The highest BCUT2D eigenvalue weighted by atomic mass is 16.5. The lowest BCUT2D eigenvalue weighted by atomic mass is 9.97. The van der Waals surface area contributed by atoms with Crippen molar-refractivity contribution in [2.24, 2.45) is 0 Å². The predicted molar refractivity (Wildman–Crippen MR) is 193 cm³/mol. The smallest absolute Gasteiger partial charge is 0.135 e. The fourth-order valence-corrected chi connectivity index (χ4v) is 7.18. The van der Waals surface area contributed by atoms with E-state index in [1.807, 2.05) is 0 Å². The Morgan fingerprint density at radius 1 is 0.222 bits per heavy atom. The second-order valence-electron chi connectivity index (χ2n) is 12.3. The van der Waals surface area contributed by atoms with Gasteiger partial charge < -0.3 is 4.74 Å². The molecule has 0 heterocycles. The maximum absolute atomic E-state index is 6.79. The van der Waals surface area contributed by atoms with Crippen molar-refractivity contribution < 1.29 is 4.74 Å². The molecular weight excluding hydrogens is 544 g/mol. The van der Waals surface area contributed by atoms with E-state index in [0.717, 1.165) is 22.3 Å². The molecule has 10 aromatic rings. The van der Waals surface area contributed by atoms with Crippen LogP contribution in [-0.2, 0) is 0 Å². The molecule has 0 fully saturated rings. The van der Waals surface area contributed by atoms with Gasteiger partial charge in [-0.2, -0.15) is 0 Å². The molecule has 0 aliphatic rings. The zero-order valence-electron chi connectivity index (χ0n) is 24.4. The molecule has 0 atom stereocenters. The molecule has 208 valence electrons. The first kappa shape index (κ1) is 24.5. The summed E-state index contributed by atoms with van der Waals surface area (Å²) in [5, 5.41) is 19.5. The van der Waals surface area contributed by atoms with E-state index in [1.165, 1.54) is 75.4 Å². The molecular formula is C44H26O. The Morgan fingerprint density at radius 3 is 0.844 bits per heavy atom. The molecule has 1 heteroatoms. The molecule has 0 aliphatic carbocycles. The van der Waals surface area contributed by atoms with E-state index in [2.05, 4.69) is 158 Å². The van der Waals surface area contributed by atoms with Gasteiger partial charge >= 0.3 is 0 Å². The molecule has 0 spiro atoms. The predicted octanol–water partition coefficient (Wildman–Crippen LogP) is 12.7. The van der Waals surface area contributed by atoms with Crippen molar-refractivity contribution >= 4 is 86.2 Å². The van der Waals surface area contributed by atoms with E-state index in [4.69, 9.17) is 4.74 Å². The van der Waals surface area contributed by atoms with Crippen LogP contribution in [0.25, 0.3) is 86.2 Å². The van der Waals surface area contributed by atoms with Gasteiger partial charge in [0.2, 0.25) is 0 Å². The van der Waals surface area contributed by atoms with E-state index < -0.39 is 0 Å². The first-order valence-electron chi connectivity index (χ1n) is 15.5. The highest BCUT2D eigenvalue weighted by molar-refractivity contribution is 6.11. The highest BCUT2D eigenvalue weighted by Crippen LogP contribution is 2.39. The Bertz CT molecular complexity index is 2650. The van der Waals surface area contributed by atoms with Crippen LogP contribution in [0.1, 0.15) is 0 Å². The average molecular weight is 571 g/mol. The SMILES string of the molecule is c1ccc2cc3cc4cc5c(Oc6cccc7cc8cc9cc%10ccccc%10cc9cc8cc67)cccc5cc4cc3cc2c1. The van der Waals surface area contributed by atoms with Crippen LogP contribution in [0.2, 0.25) is 0 Å². The lowest BCUT2D eigenvalue weighted by Gasteiger charge is -2.14. The maximum Gasteiger partial charge on any atom is 0.135 e. The third-order valence-electron chi connectivity index (χ3n) is 9.45. The Labute approximate surface area is 259 Å². The molecule has 10 aromatic carbocycles. The van der Waals surface area contributed by atoms with Gasteiger partial charge in [-0.3, -0.25) is 0 Å². The Morgan fingerprint density at radius 2 is 0.489 bits per heavy atom. The number of rotatable bonds is 2. The number of ether oxygens (including phenoxy) is 1. The van der Waals surface area contributed by atoms with Gasteiger partial charge in [-0.05, 0) is 160 Å². The van der Waals surface area contributed by atoms with Crippen molar-refractivity contribution in [1.82, 2.24) is 0 Å². The van der Waals surface area contributed by atoms with Gasteiger partial charge in [-0.15, -0.1) is 0 Å². The largest absolute Gasteiger partial charge is 0.456 e. The zero-order valence-corrected chi connectivity index (χ0v) is 24.4. The van der Waals surface area contributed by atoms with E-state index in [1.54, 1.807) is 0 Å². The minimum atomic E-state index is 0.866. The number of hydrogen-bond donors (Lipinski definition) is 0. The molecule has 10 rings (SSSR count). The summed E-state index contributed by atoms with van der Waals surface area (Å²) in [5.41, 5.74) is 0. The highest BCUT2D eigenvalue weighted by Gasteiger charge is 2.11. The normalized spacial score (nSPS) is 12.0. The van der Waals surface area contributed by atoms with Crippen LogP contribution in [0.15, 0.2) is 158 Å². The van der Waals surface area contributed by atoms with Gasteiger partial charge in [0.15, 0.2) is 0 Å². The molecule has 0 saturated heterocycles. The molecule has 0 saturated carbocycles. The van der Waals surface area contributed by atoms with Gasteiger partial charge in [0, 0.05) is 10.8 Å². The monoisotopic (exact) mass is 570 g/mol. The van der Waals surface area contributed by atoms with Crippen molar-refractivity contribution in [3.05, 3.63) is 158 Å². The topological polar surface area (TPSA) is 9.23 Å². The van der Waals surface area contributed by atoms with Crippen LogP contribution >= 0.6 is 0 Å². The molecule has 0 radical (unpaired) electrons. The molecule has 0 aromatic heterocycles. The van der Waals surface area contributed by atoms with Gasteiger partial charge in [-0.25, -0.2) is 0 Å². The van der Waals surface area contributed by atoms with Crippen LogP contribution in [0.4, 0.5) is 0 Å². The molecule has 0 amide bonds. The summed E-state index contributed by atoms with van der Waals surface area (Å²) in [7, 11) is 0. The third kappa shape index (κ3) is 3.95. The van der Waals surface area contributed by atoms with Crippen molar-refractivity contribution in [1.29, 1.82) is 0 Å². The summed E-state index contributed by atoms with van der Waals surface area (Å²) in [6, 6.07) is 57.4. The van der Waals surface area contributed by atoms with Crippen LogP contribution in [0.3, 0.4) is 0 Å². The third-order valence-corrected chi connectivity index (χ3v) is 9.45. The molecule has 45 heavy (non-hydrogen) atoms. The lowest BCUT2D eigenvalue weighted by Crippen LogP contribution is -1.89. The lowest BCUT2D eigenvalue weighted by molar-refractivity contribution is 0.494. The average Bonchev–Trinajstić information content (AvgIpc) is 3.06. The van der Waals surface area contributed by atoms with E-state index in [9.17, 15) is 0 Å². The summed E-state index contributed by atoms with van der Waals surface area (Å²) in [6.07, 6.45) is 0. The molecule has 0 N–H and O–H groups in total. The van der Waals surface area contributed by atoms with Crippen molar-refractivity contribution in [3.8, 4) is 11.5 Å². The number of fused-ring (bicyclic) bond motifs is 8. The summed E-state index contributed by atoms with van der Waals surface area (Å²) >= 11 is 0. The summed E-state index contributed by atoms with van der Waals surface area (Å²) < 4.78 is 6.79. The van der Waals surface area contributed by atoms with Gasteiger partial charge in [0.05, 0.1) is 0 Å². The molecule has 1 nitrogen and oxygen atoms in total. The Balaban J connectivity index is 1.12. The molecule has 0 aliphatic heterocycles. The Kier molecular flexibility index (Phi) is 5.06. The van der Waals surface area contributed by atoms with Crippen LogP contribution < -0.4 is 4.74 Å². The number of benzene rings is 10. The first-order chi connectivity index (χ1) is 22.2. The number of hydrogen-bond acceptors (Lipinski definition) is 1. The maximum atomic E-state index is 6.79. The van der Waals surface area contributed by atoms with Gasteiger partial charge in [0.25, 0.3) is 0 Å². The van der Waals surface area contributed by atoms with Crippen molar-refractivity contribution in [3.63, 3.8) is 0 Å². The first-order valence-corrected chi connectivity index (χ1v) is 15.5. The summed E-state index contributed by atoms with van der Waals surface area (Å²) in [6.45, 7) is 0. The Hall–Kier alpha value is -5.92. The van der Waals surface area contributed by atoms with Gasteiger partial charge in [0.1, 0.15) is 11.5 Å². The minimum Gasteiger partial charge on any atom is -0.456 e. The van der Waals surface area contributed by atoms with Crippen LogP contribution in [0, 0.1) is 0 Å². The molecule has 0 unspecified atom stereocenters. The van der Waals surface area contributed by atoms with E-state index in [0.29, 0.717) is 0 Å².